The zero-order valence-corrected chi connectivity index (χ0v) is 11.1. The van der Waals surface area contributed by atoms with Crippen LogP contribution in [0.25, 0.3) is 5.57 Å². The average Bonchev–Trinajstić information content (AvgIpc) is 2.45. The molecular weight excluding hydrogens is 287 g/mol. The number of carbonyl (C=O) groups excluding carboxylic acids is 1. The van der Waals surface area contributed by atoms with Crippen LogP contribution in [0.4, 0.5) is 19.0 Å². The summed E-state index contributed by atoms with van der Waals surface area (Å²) < 4.78 is 43.6. The van der Waals surface area contributed by atoms with Gasteiger partial charge in [0.2, 0.25) is 5.91 Å². The third kappa shape index (κ3) is 3.33. The number of halogens is 3. The van der Waals surface area contributed by atoms with Crippen LogP contribution < -0.4 is 10.6 Å². The molecule has 114 valence electrons. The van der Waals surface area contributed by atoms with Gasteiger partial charge in [0, 0.05) is 24.2 Å². The highest BCUT2D eigenvalue weighted by Crippen LogP contribution is 2.32. The van der Waals surface area contributed by atoms with E-state index >= 15 is 0 Å². The Morgan fingerprint density at radius 2 is 1.95 bits per heavy atom. The third-order valence-corrected chi connectivity index (χ3v) is 3.10. The quantitative estimate of drug-likeness (QED) is 0.858. The maximum atomic E-state index is 12.8. The lowest BCUT2D eigenvalue weighted by Gasteiger charge is -2.30. The molecule has 1 aliphatic heterocycles. The second-order valence-corrected chi connectivity index (χ2v) is 4.51. The first-order valence-electron chi connectivity index (χ1n) is 6.20. The van der Waals surface area contributed by atoms with E-state index in [0.29, 0.717) is 26.3 Å². The predicted molar refractivity (Wildman–Crippen MR) is 70.5 cm³/mol. The zero-order chi connectivity index (χ0) is 15.6. The van der Waals surface area contributed by atoms with Crippen molar-refractivity contribution in [3.63, 3.8) is 0 Å². The van der Waals surface area contributed by atoms with Gasteiger partial charge in [0.25, 0.3) is 0 Å². The maximum absolute atomic E-state index is 12.8. The molecule has 0 bridgehead atoms. The Balaban J connectivity index is 2.49. The second-order valence-electron chi connectivity index (χ2n) is 4.51. The molecule has 8 heteroatoms. The Labute approximate surface area is 119 Å². The van der Waals surface area contributed by atoms with Crippen LogP contribution >= 0.6 is 0 Å². The van der Waals surface area contributed by atoms with Crippen molar-refractivity contribution < 1.29 is 22.7 Å². The summed E-state index contributed by atoms with van der Waals surface area (Å²) in [5.74, 6) is -0.747. The number of nitrogens with two attached hydrogens (primary N) is 1. The standard InChI is InChI=1S/C13H14F3N3O2/c1-8(11(17)20)9-2-3-10(13(14,15)16)18-12(9)19-4-6-21-7-5-19/h2-3H,1,4-7H2,(H2,17,20). The van der Waals surface area contributed by atoms with Gasteiger partial charge in [0.15, 0.2) is 0 Å². The normalized spacial score (nSPS) is 15.9. The summed E-state index contributed by atoms with van der Waals surface area (Å²) in [6.45, 7) is 5.03. The van der Waals surface area contributed by atoms with E-state index in [-0.39, 0.29) is 17.0 Å². The molecule has 1 saturated heterocycles. The van der Waals surface area contributed by atoms with Crippen molar-refractivity contribution in [2.45, 2.75) is 6.18 Å². The molecule has 21 heavy (non-hydrogen) atoms. The van der Waals surface area contributed by atoms with Crippen molar-refractivity contribution in [3.8, 4) is 0 Å². The fourth-order valence-corrected chi connectivity index (χ4v) is 1.99. The number of morpholine rings is 1. The monoisotopic (exact) mass is 301 g/mol. The van der Waals surface area contributed by atoms with Crippen LogP contribution in [0, 0.1) is 0 Å². The van der Waals surface area contributed by atoms with Crippen molar-refractivity contribution in [1.82, 2.24) is 4.98 Å². The van der Waals surface area contributed by atoms with E-state index in [1.165, 1.54) is 6.07 Å². The highest BCUT2D eigenvalue weighted by Gasteiger charge is 2.34. The van der Waals surface area contributed by atoms with Crippen LogP contribution in [-0.2, 0) is 15.7 Å². The van der Waals surface area contributed by atoms with Crippen molar-refractivity contribution in [3.05, 3.63) is 30.0 Å². The first-order valence-corrected chi connectivity index (χ1v) is 6.20. The first kappa shape index (κ1) is 15.3. The zero-order valence-electron chi connectivity index (χ0n) is 11.1. The number of hydrogen-bond acceptors (Lipinski definition) is 4. The van der Waals surface area contributed by atoms with Crippen molar-refractivity contribution in [2.75, 3.05) is 31.2 Å². The van der Waals surface area contributed by atoms with E-state index in [1.807, 2.05) is 0 Å². The van der Waals surface area contributed by atoms with E-state index in [1.54, 1.807) is 4.90 Å². The lowest BCUT2D eigenvalue weighted by atomic mass is 10.1. The number of carbonyl (C=O) groups is 1. The summed E-state index contributed by atoms with van der Waals surface area (Å²) in [5.41, 5.74) is 4.27. The van der Waals surface area contributed by atoms with Crippen molar-refractivity contribution in [1.29, 1.82) is 0 Å². The molecule has 0 unspecified atom stereocenters. The van der Waals surface area contributed by atoms with E-state index < -0.39 is 17.8 Å². The molecule has 0 aliphatic carbocycles. The minimum Gasteiger partial charge on any atom is -0.378 e. The van der Waals surface area contributed by atoms with Crippen LogP contribution in [0.2, 0.25) is 0 Å². The lowest BCUT2D eigenvalue weighted by molar-refractivity contribution is -0.141. The minimum atomic E-state index is -4.56. The molecule has 2 heterocycles. The molecule has 0 saturated carbocycles. The molecular formula is C13H14F3N3O2. The fraction of sp³-hybridized carbons (Fsp3) is 0.385. The van der Waals surface area contributed by atoms with Gasteiger partial charge in [-0.05, 0) is 12.1 Å². The van der Waals surface area contributed by atoms with E-state index in [4.69, 9.17) is 10.5 Å². The summed E-state index contributed by atoms with van der Waals surface area (Å²) in [4.78, 5) is 16.5. The average molecular weight is 301 g/mol. The summed E-state index contributed by atoms with van der Waals surface area (Å²) in [5, 5.41) is 0. The largest absolute Gasteiger partial charge is 0.433 e. The Morgan fingerprint density at radius 1 is 1.33 bits per heavy atom. The molecule has 1 fully saturated rings. The minimum absolute atomic E-state index is 0.0527. The van der Waals surface area contributed by atoms with Gasteiger partial charge in [-0.1, -0.05) is 6.58 Å². The highest BCUT2D eigenvalue weighted by molar-refractivity contribution is 6.19. The first-order chi connectivity index (χ1) is 9.80. The van der Waals surface area contributed by atoms with Gasteiger partial charge in [-0.15, -0.1) is 0 Å². The third-order valence-electron chi connectivity index (χ3n) is 3.10. The highest BCUT2D eigenvalue weighted by atomic mass is 19.4. The number of anilines is 1. The van der Waals surface area contributed by atoms with Crippen LogP contribution in [0.5, 0.6) is 0 Å². The lowest BCUT2D eigenvalue weighted by Crippen LogP contribution is -2.38. The molecule has 1 aromatic heterocycles. The van der Waals surface area contributed by atoms with Crippen LogP contribution in [-0.4, -0.2) is 37.2 Å². The molecule has 0 spiro atoms. The Hall–Kier alpha value is -2.09. The van der Waals surface area contributed by atoms with Gasteiger partial charge < -0.3 is 15.4 Å². The van der Waals surface area contributed by atoms with Gasteiger partial charge in [-0.25, -0.2) is 4.98 Å². The molecule has 5 nitrogen and oxygen atoms in total. The molecule has 0 radical (unpaired) electrons. The maximum Gasteiger partial charge on any atom is 0.433 e. The smallest absolute Gasteiger partial charge is 0.378 e. The predicted octanol–water partition coefficient (Wildman–Crippen LogP) is 1.44. The van der Waals surface area contributed by atoms with E-state index in [0.717, 1.165) is 6.07 Å². The number of pyridine rings is 1. The number of amides is 1. The summed E-state index contributed by atoms with van der Waals surface area (Å²) >= 11 is 0. The van der Waals surface area contributed by atoms with Crippen molar-refractivity contribution >= 4 is 17.3 Å². The Morgan fingerprint density at radius 3 is 2.48 bits per heavy atom. The number of primary amides is 1. The number of alkyl halides is 3. The summed E-state index contributed by atoms with van der Waals surface area (Å²) in [6, 6.07) is 1.99. The Bertz CT molecular complexity index is 566. The SMILES string of the molecule is C=C(C(N)=O)c1ccc(C(F)(F)F)nc1N1CCOCC1. The van der Waals surface area contributed by atoms with Gasteiger partial charge in [0.1, 0.15) is 11.5 Å². The van der Waals surface area contributed by atoms with E-state index in [9.17, 15) is 18.0 Å². The van der Waals surface area contributed by atoms with Crippen LogP contribution in [0.15, 0.2) is 18.7 Å². The molecule has 1 aliphatic rings. The van der Waals surface area contributed by atoms with E-state index in [2.05, 4.69) is 11.6 Å². The molecule has 0 aromatic carbocycles. The van der Waals surface area contributed by atoms with Crippen LogP contribution in [0.1, 0.15) is 11.3 Å². The van der Waals surface area contributed by atoms with Gasteiger partial charge >= 0.3 is 6.18 Å². The molecule has 1 aromatic rings. The molecule has 1 amide bonds. The van der Waals surface area contributed by atoms with Gasteiger partial charge in [0.05, 0.1) is 13.2 Å². The molecule has 2 rings (SSSR count). The number of hydrogen-bond donors (Lipinski definition) is 1. The van der Waals surface area contributed by atoms with Gasteiger partial charge in [-0.2, -0.15) is 13.2 Å². The molecule has 2 N–H and O–H groups in total. The van der Waals surface area contributed by atoms with Crippen molar-refractivity contribution in [2.24, 2.45) is 5.73 Å². The Kier molecular flexibility index (Phi) is 4.17. The summed E-state index contributed by atoms with van der Waals surface area (Å²) in [6.07, 6.45) is -4.56. The molecule has 0 atom stereocenters. The van der Waals surface area contributed by atoms with Gasteiger partial charge in [-0.3, -0.25) is 4.79 Å². The number of ether oxygens (including phenoxy) is 1. The van der Waals surface area contributed by atoms with Crippen LogP contribution in [0.3, 0.4) is 0 Å². The fourth-order valence-electron chi connectivity index (χ4n) is 1.99. The number of rotatable bonds is 3. The second kappa shape index (κ2) is 5.72. The number of nitrogens with zero attached hydrogens (tertiary/aromatic N) is 2. The topological polar surface area (TPSA) is 68.5 Å². The summed E-state index contributed by atoms with van der Waals surface area (Å²) in [7, 11) is 0. The number of aromatic nitrogens is 1.